The fourth-order valence-electron chi connectivity index (χ4n) is 7.48. The van der Waals surface area contributed by atoms with Crippen molar-refractivity contribution in [2.24, 2.45) is 28.1 Å². The van der Waals surface area contributed by atoms with Crippen molar-refractivity contribution >= 4 is 0 Å². The maximum Gasteiger partial charge on any atom is 0.0892 e. The van der Waals surface area contributed by atoms with Gasteiger partial charge in [-0.15, -0.1) is 0 Å². The van der Waals surface area contributed by atoms with E-state index in [-0.39, 0.29) is 40.7 Å². The molecular formula is C20H34O4. The third kappa shape index (κ3) is 1.89. The monoisotopic (exact) mass is 338 g/mol. The molecule has 24 heavy (non-hydrogen) atoms. The van der Waals surface area contributed by atoms with Gasteiger partial charge in [-0.3, -0.25) is 0 Å². The first-order valence-corrected chi connectivity index (χ1v) is 9.75. The molecule has 0 aromatic carbocycles. The van der Waals surface area contributed by atoms with E-state index in [1.165, 1.54) is 0 Å². The van der Waals surface area contributed by atoms with Gasteiger partial charge < -0.3 is 20.1 Å². The molecule has 4 nitrogen and oxygen atoms in total. The van der Waals surface area contributed by atoms with Crippen LogP contribution in [-0.4, -0.2) is 45.8 Å². The number of aliphatic hydroxyl groups excluding tert-OH is 3. The lowest BCUT2D eigenvalue weighted by Gasteiger charge is -2.64. The minimum atomic E-state index is -0.416. The Kier molecular flexibility index (Phi) is 3.57. The van der Waals surface area contributed by atoms with E-state index >= 15 is 0 Å². The van der Waals surface area contributed by atoms with E-state index < -0.39 is 6.10 Å². The highest BCUT2D eigenvalue weighted by Crippen LogP contribution is 2.70. The van der Waals surface area contributed by atoms with Gasteiger partial charge in [-0.25, -0.2) is 0 Å². The van der Waals surface area contributed by atoms with E-state index in [4.69, 9.17) is 4.74 Å². The first-order chi connectivity index (χ1) is 11.1. The Labute approximate surface area is 145 Å². The molecule has 3 aliphatic carbocycles. The van der Waals surface area contributed by atoms with Gasteiger partial charge in [0.2, 0.25) is 0 Å². The maximum atomic E-state index is 10.9. The molecule has 1 heterocycles. The molecule has 4 rings (SSSR count). The molecule has 3 saturated carbocycles. The predicted octanol–water partition coefficient (Wildman–Crippen LogP) is 2.49. The molecule has 138 valence electrons. The van der Waals surface area contributed by atoms with Crippen LogP contribution >= 0.6 is 0 Å². The largest absolute Gasteiger partial charge is 0.394 e. The van der Waals surface area contributed by atoms with Crippen molar-refractivity contribution in [2.45, 2.75) is 90.1 Å². The zero-order valence-electron chi connectivity index (χ0n) is 15.6. The summed E-state index contributed by atoms with van der Waals surface area (Å²) in [7, 11) is 0. The van der Waals surface area contributed by atoms with Crippen LogP contribution in [0.15, 0.2) is 0 Å². The van der Waals surface area contributed by atoms with E-state index in [2.05, 4.69) is 27.7 Å². The van der Waals surface area contributed by atoms with E-state index in [0.717, 1.165) is 38.5 Å². The van der Waals surface area contributed by atoms with Gasteiger partial charge >= 0.3 is 0 Å². The van der Waals surface area contributed by atoms with Gasteiger partial charge in [-0.2, -0.15) is 0 Å². The summed E-state index contributed by atoms with van der Waals surface area (Å²) < 4.78 is 6.54. The van der Waals surface area contributed by atoms with Crippen LogP contribution in [0.25, 0.3) is 0 Å². The second kappa shape index (κ2) is 4.97. The molecule has 3 N–H and O–H groups in total. The highest BCUT2D eigenvalue weighted by Gasteiger charge is 2.70. The van der Waals surface area contributed by atoms with Crippen LogP contribution in [0.4, 0.5) is 0 Å². The van der Waals surface area contributed by atoms with Crippen LogP contribution < -0.4 is 0 Å². The van der Waals surface area contributed by atoms with Crippen molar-refractivity contribution < 1.29 is 20.1 Å². The molecule has 8 unspecified atom stereocenters. The number of rotatable bonds is 1. The molecular weight excluding hydrogens is 304 g/mol. The molecule has 1 saturated heterocycles. The van der Waals surface area contributed by atoms with E-state index in [0.29, 0.717) is 11.8 Å². The zero-order valence-corrected chi connectivity index (χ0v) is 15.6. The Morgan fingerprint density at radius 2 is 1.62 bits per heavy atom. The van der Waals surface area contributed by atoms with Crippen molar-refractivity contribution in [3.05, 3.63) is 0 Å². The van der Waals surface area contributed by atoms with Crippen LogP contribution in [0.5, 0.6) is 0 Å². The molecule has 0 aromatic heterocycles. The van der Waals surface area contributed by atoms with Crippen molar-refractivity contribution in [1.82, 2.24) is 0 Å². The SMILES string of the molecule is CC1(C)C(O)CCC2(C)C3CC(O)C4(C)CC3(CCC12)OC4CO. The van der Waals surface area contributed by atoms with Crippen molar-refractivity contribution in [2.75, 3.05) is 6.61 Å². The summed E-state index contributed by atoms with van der Waals surface area (Å²) in [5.74, 6) is 0.771. The molecule has 0 amide bonds. The zero-order chi connectivity index (χ0) is 17.5. The molecule has 4 heteroatoms. The smallest absolute Gasteiger partial charge is 0.0892 e. The summed E-state index contributed by atoms with van der Waals surface area (Å²) >= 11 is 0. The summed E-state index contributed by atoms with van der Waals surface area (Å²) in [6.45, 7) is 8.89. The van der Waals surface area contributed by atoms with Gasteiger partial charge in [0.15, 0.2) is 0 Å². The van der Waals surface area contributed by atoms with Crippen LogP contribution in [0.3, 0.4) is 0 Å². The highest BCUT2D eigenvalue weighted by molar-refractivity contribution is 5.19. The Hall–Kier alpha value is -0.160. The number of hydrogen-bond acceptors (Lipinski definition) is 4. The van der Waals surface area contributed by atoms with Crippen LogP contribution in [0, 0.1) is 28.1 Å². The van der Waals surface area contributed by atoms with Crippen molar-refractivity contribution in [1.29, 1.82) is 0 Å². The molecule has 4 aliphatic rings. The van der Waals surface area contributed by atoms with Gasteiger partial charge in [0.25, 0.3) is 0 Å². The lowest BCUT2D eigenvalue weighted by Crippen LogP contribution is -2.63. The fraction of sp³-hybridized carbons (Fsp3) is 1.00. The van der Waals surface area contributed by atoms with E-state index in [1.54, 1.807) is 0 Å². The van der Waals surface area contributed by atoms with Crippen LogP contribution in [-0.2, 0) is 4.74 Å². The van der Waals surface area contributed by atoms with Gasteiger partial charge in [0.1, 0.15) is 0 Å². The average molecular weight is 338 g/mol. The fourth-order valence-corrected chi connectivity index (χ4v) is 7.48. The first-order valence-electron chi connectivity index (χ1n) is 9.75. The van der Waals surface area contributed by atoms with Gasteiger partial charge in [-0.1, -0.05) is 27.7 Å². The normalized spacial score (nSPS) is 58.9. The summed E-state index contributed by atoms with van der Waals surface area (Å²) in [5, 5.41) is 31.3. The van der Waals surface area contributed by atoms with E-state index in [1.807, 2.05) is 0 Å². The van der Waals surface area contributed by atoms with Crippen LogP contribution in [0.1, 0.15) is 66.2 Å². The minimum absolute atomic E-state index is 0.00756. The molecule has 8 atom stereocenters. The number of fused-ring (bicyclic) bond motifs is 3. The van der Waals surface area contributed by atoms with E-state index in [9.17, 15) is 15.3 Å². The number of ether oxygens (including phenoxy) is 1. The Morgan fingerprint density at radius 1 is 0.917 bits per heavy atom. The molecule has 4 fully saturated rings. The van der Waals surface area contributed by atoms with Crippen LogP contribution in [0.2, 0.25) is 0 Å². The maximum absolute atomic E-state index is 10.9. The Balaban J connectivity index is 1.75. The third-order valence-corrected chi connectivity index (χ3v) is 8.98. The highest BCUT2D eigenvalue weighted by atomic mass is 16.5. The Morgan fingerprint density at radius 3 is 2.29 bits per heavy atom. The molecule has 0 aromatic rings. The standard InChI is InChI=1S/C20H34O4/c1-17(2)12-5-8-20-11-19(4,16(10-21)24-20)15(23)9-13(20)18(12,3)7-6-14(17)22/h12-16,21-23H,5-11H2,1-4H3. The predicted molar refractivity (Wildman–Crippen MR) is 91.4 cm³/mol. The Bertz CT molecular complexity index is 534. The summed E-state index contributed by atoms with van der Waals surface area (Å²) in [6.07, 6.45) is 4.64. The second-order valence-electron chi connectivity index (χ2n) is 10.3. The van der Waals surface area contributed by atoms with Crippen molar-refractivity contribution in [3.8, 4) is 0 Å². The molecule has 1 aliphatic heterocycles. The van der Waals surface area contributed by atoms with Gasteiger partial charge in [-0.05, 0) is 61.2 Å². The van der Waals surface area contributed by atoms with Gasteiger partial charge in [0, 0.05) is 5.41 Å². The molecule has 1 spiro atoms. The topological polar surface area (TPSA) is 69.9 Å². The minimum Gasteiger partial charge on any atom is -0.394 e. The summed E-state index contributed by atoms with van der Waals surface area (Å²) in [5.41, 5.74) is -0.508. The first kappa shape index (κ1) is 17.3. The average Bonchev–Trinajstić information content (AvgIpc) is 2.76. The molecule has 2 bridgehead atoms. The lowest BCUT2D eigenvalue weighted by atomic mass is 9.41. The third-order valence-electron chi connectivity index (χ3n) is 8.98. The van der Waals surface area contributed by atoms with Gasteiger partial charge in [0.05, 0.1) is 30.5 Å². The summed E-state index contributed by atoms with van der Waals surface area (Å²) in [4.78, 5) is 0. The number of aliphatic hydroxyl groups is 3. The quantitative estimate of drug-likeness (QED) is 0.687. The second-order valence-corrected chi connectivity index (χ2v) is 10.3. The van der Waals surface area contributed by atoms with Crippen molar-refractivity contribution in [3.63, 3.8) is 0 Å². The summed E-state index contributed by atoms with van der Waals surface area (Å²) in [6, 6.07) is 0. The number of hydrogen-bond donors (Lipinski definition) is 3. The lowest BCUT2D eigenvalue weighted by molar-refractivity contribution is -0.219. The molecule has 0 radical (unpaired) electrons.